The molecule has 0 amide bonds. The zero-order valence-corrected chi connectivity index (χ0v) is 11.1. The first-order valence-corrected chi connectivity index (χ1v) is 6.67. The number of hydrogen-bond donors (Lipinski definition) is 0. The van der Waals surface area contributed by atoms with Crippen molar-refractivity contribution < 1.29 is 0 Å². The van der Waals surface area contributed by atoms with Crippen molar-refractivity contribution in [1.29, 1.82) is 0 Å². The van der Waals surface area contributed by atoms with Crippen molar-refractivity contribution in [1.82, 2.24) is 4.98 Å². The van der Waals surface area contributed by atoms with Crippen LogP contribution >= 0.6 is 31.9 Å². The first kappa shape index (κ1) is 10.6. The smallest absolute Gasteiger partial charge is 0.0501 e. The highest BCUT2D eigenvalue weighted by Gasteiger charge is 2.17. The summed E-state index contributed by atoms with van der Waals surface area (Å²) < 4.78 is 2.16. The average Bonchev–Trinajstić information content (AvgIpc) is 2.23. The molecule has 1 nitrogen and oxygen atoms in total. The van der Waals surface area contributed by atoms with Gasteiger partial charge in [-0.3, -0.25) is 4.98 Å². The zero-order chi connectivity index (χ0) is 9.97. The van der Waals surface area contributed by atoms with Crippen LogP contribution in [0.3, 0.4) is 0 Å². The molecule has 1 aromatic heterocycles. The summed E-state index contributed by atoms with van der Waals surface area (Å²) in [4.78, 5) is 4.49. The van der Waals surface area contributed by atoms with Crippen LogP contribution in [0.5, 0.6) is 0 Å². The van der Waals surface area contributed by atoms with Crippen LogP contribution in [0, 0.1) is 0 Å². The predicted octanol–water partition coefficient (Wildman–Crippen LogP) is 4.65. The molecule has 76 valence electrons. The van der Waals surface area contributed by atoms with Crippen molar-refractivity contribution in [2.24, 2.45) is 0 Å². The van der Waals surface area contributed by atoms with E-state index >= 15 is 0 Å². The summed E-state index contributed by atoms with van der Waals surface area (Å²) in [6.07, 6.45) is 8.63. The number of aromatic nitrogens is 1. The Bertz CT molecular complexity index is 319. The van der Waals surface area contributed by atoms with Crippen LogP contribution in [-0.2, 0) is 0 Å². The van der Waals surface area contributed by atoms with E-state index < -0.39 is 0 Å². The molecule has 0 bridgehead atoms. The van der Waals surface area contributed by atoms with Crippen molar-refractivity contribution in [3.63, 3.8) is 0 Å². The third-order valence-electron chi connectivity index (χ3n) is 2.85. The fourth-order valence-corrected chi connectivity index (χ4v) is 2.60. The van der Waals surface area contributed by atoms with Gasteiger partial charge in [0.1, 0.15) is 0 Å². The molecule has 0 radical (unpaired) electrons. The van der Waals surface area contributed by atoms with Gasteiger partial charge in [0.2, 0.25) is 0 Å². The van der Waals surface area contributed by atoms with Gasteiger partial charge in [0, 0.05) is 22.3 Å². The van der Waals surface area contributed by atoms with E-state index in [9.17, 15) is 0 Å². The Hall–Kier alpha value is 0.110. The van der Waals surface area contributed by atoms with E-state index in [2.05, 4.69) is 42.9 Å². The summed E-state index contributed by atoms with van der Waals surface area (Å²) in [5.41, 5.74) is 1.25. The maximum atomic E-state index is 4.49. The Labute approximate surface area is 102 Å². The Kier molecular flexibility index (Phi) is 3.61. The van der Waals surface area contributed by atoms with Crippen LogP contribution in [0.1, 0.15) is 43.7 Å². The van der Waals surface area contributed by atoms with Crippen molar-refractivity contribution in [2.45, 2.75) is 38.0 Å². The van der Waals surface area contributed by atoms with Crippen molar-refractivity contribution in [3.05, 3.63) is 26.9 Å². The highest BCUT2D eigenvalue weighted by Crippen LogP contribution is 2.33. The lowest BCUT2D eigenvalue weighted by Gasteiger charge is -2.21. The SMILES string of the molecule is Brc1cnc(C2CCCCC2)cc1Br. The molecule has 1 aromatic rings. The largest absolute Gasteiger partial charge is 0.260 e. The van der Waals surface area contributed by atoms with Gasteiger partial charge in [-0.15, -0.1) is 0 Å². The monoisotopic (exact) mass is 317 g/mol. The minimum absolute atomic E-state index is 0.688. The Balaban J connectivity index is 2.18. The molecule has 0 N–H and O–H groups in total. The van der Waals surface area contributed by atoms with Gasteiger partial charge in [0.15, 0.2) is 0 Å². The van der Waals surface area contributed by atoms with Crippen LogP contribution in [0.15, 0.2) is 21.2 Å². The molecule has 1 aliphatic rings. The topological polar surface area (TPSA) is 12.9 Å². The van der Waals surface area contributed by atoms with Gasteiger partial charge in [-0.1, -0.05) is 19.3 Å². The molecule has 2 rings (SSSR count). The summed E-state index contributed by atoms with van der Waals surface area (Å²) in [6, 6.07) is 2.15. The number of nitrogens with zero attached hydrogens (tertiary/aromatic N) is 1. The van der Waals surface area contributed by atoms with E-state index in [0.29, 0.717) is 5.92 Å². The van der Waals surface area contributed by atoms with Gasteiger partial charge >= 0.3 is 0 Å². The van der Waals surface area contributed by atoms with Crippen molar-refractivity contribution in [3.8, 4) is 0 Å². The maximum Gasteiger partial charge on any atom is 0.0501 e. The lowest BCUT2D eigenvalue weighted by Crippen LogP contribution is -2.06. The van der Waals surface area contributed by atoms with E-state index in [1.54, 1.807) is 0 Å². The maximum absolute atomic E-state index is 4.49. The lowest BCUT2D eigenvalue weighted by atomic mass is 9.87. The van der Waals surface area contributed by atoms with Gasteiger partial charge in [-0.25, -0.2) is 0 Å². The molecule has 1 aliphatic carbocycles. The van der Waals surface area contributed by atoms with E-state index in [1.165, 1.54) is 37.8 Å². The zero-order valence-electron chi connectivity index (χ0n) is 7.97. The average molecular weight is 319 g/mol. The van der Waals surface area contributed by atoms with Crippen LogP contribution in [0.2, 0.25) is 0 Å². The first-order valence-electron chi connectivity index (χ1n) is 5.08. The molecule has 1 fully saturated rings. The summed E-state index contributed by atoms with van der Waals surface area (Å²) >= 11 is 6.97. The summed E-state index contributed by atoms with van der Waals surface area (Å²) in [6.45, 7) is 0. The molecule has 14 heavy (non-hydrogen) atoms. The fraction of sp³-hybridized carbons (Fsp3) is 0.545. The second-order valence-corrected chi connectivity index (χ2v) is 5.57. The lowest BCUT2D eigenvalue weighted by molar-refractivity contribution is 0.436. The quantitative estimate of drug-likeness (QED) is 0.734. The molecule has 0 unspecified atom stereocenters. The molecule has 1 heterocycles. The van der Waals surface area contributed by atoms with Crippen LogP contribution in [0.4, 0.5) is 0 Å². The van der Waals surface area contributed by atoms with Crippen LogP contribution in [-0.4, -0.2) is 4.98 Å². The molecule has 3 heteroatoms. The minimum atomic E-state index is 0.688. The molecule has 1 saturated carbocycles. The summed E-state index contributed by atoms with van der Waals surface area (Å²) in [5, 5.41) is 0. The second kappa shape index (κ2) is 4.75. The van der Waals surface area contributed by atoms with Gasteiger partial charge in [0.25, 0.3) is 0 Å². The highest BCUT2D eigenvalue weighted by molar-refractivity contribution is 9.13. The van der Waals surface area contributed by atoms with Crippen molar-refractivity contribution in [2.75, 3.05) is 0 Å². The molecule has 0 saturated heterocycles. The molecular formula is C11H13Br2N. The fourth-order valence-electron chi connectivity index (χ4n) is 2.05. The van der Waals surface area contributed by atoms with Gasteiger partial charge in [-0.05, 0) is 50.8 Å². The van der Waals surface area contributed by atoms with Crippen LogP contribution in [0.25, 0.3) is 0 Å². The van der Waals surface area contributed by atoms with E-state index in [4.69, 9.17) is 0 Å². The van der Waals surface area contributed by atoms with E-state index in [0.717, 1.165) is 8.95 Å². The van der Waals surface area contributed by atoms with E-state index in [1.807, 2.05) is 6.20 Å². The molecule has 0 spiro atoms. The Morgan fingerprint density at radius 1 is 1.07 bits per heavy atom. The van der Waals surface area contributed by atoms with E-state index in [-0.39, 0.29) is 0 Å². The molecular weight excluding hydrogens is 306 g/mol. The van der Waals surface area contributed by atoms with Crippen molar-refractivity contribution >= 4 is 31.9 Å². The molecule has 0 aliphatic heterocycles. The summed E-state index contributed by atoms with van der Waals surface area (Å²) in [5.74, 6) is 0.688. The predicted molar refractivity (Wildman–Crippen MR) is 65.5 cm³/mol. The van der Waals surface area contributed by atoms with Gasteiger partial charge in [-0.2, -0.15) is 0 Å². The molecule has 0 atom stereocenters. The third kappa shape index (κ3) is 2.37. The normalized spacial score (nSPS) is 18.4. The Morgan fingerprint density at radius 2 is 1.79 bits per heavy atom. The third-order valence-corrected chi connectivity index (χ3v) is 4.67. The number of rotatable bonds is 1. The minimum Gasteiger partial charge on any atom is -0.260 e. The standard InChI is InChI=1S/C11H13Br2N/c12-9-6-11(14-7-10(9)13)8-4-2-1-3-5-8/h6-8H,1-5H2. The van der Waals surface area contributed by atoms with Gasteiger partial charge in [0.05, 0.1) is 4.47 Å². The number of hydrogen-bond acceptors (Lipinski definition) is 1. The Morgan fingerprint density at radius 3 is 2.43 bits per heavy atom. The highest BCUT2D eigenvalue weighted by atomic mass is 79.9. The molecule has 0 aromatic carbocycles. The first-order chi connectivity index (χ1) is 6.77. The number of halogens is 2. The number of pyridine rings is 1. The second-order valence-electron chi connectivity index (χ2n) is 3.86. The van der Waals surface area contributed by atoms with Gasteiger partial charge < -0.3 is 0 Å². The van der Waals surface area contributed by atoms with Crippen LogP contribution < -0.4 is 0 Å². The summed E-state index contributed by atoms with van der Waals surface area (Å²) in [7, 11) is 0.